The zero-order chi connectivity index (χ0) is 17.0. The number of anilines is 1. The zero-order valence-electron chi connectivity index (χ0n) is 11.5. The summed E-state index contributed by atoms with van der Waals surface area (Å²) in [6.07, 6.45) is 1.47. The lowest BCUT2D eigenvalue weighted by Gasteiger charge is -2.04. The quantitative estimate of drug-likeness (QED) is 0.454. The first-order chi connectivity index (χ1) is 10.8. The van der Waals surface area contributed by atoms with E-state index in [2.05, 4.69) is 26.5 Å². The maximum atomic E-state index is 11.3. The van der Waals surface area contributed by atoms with Crippen molar-refractivity contribution in [3.8, 4) is 0 Å². The lowest BCUT2D eigenvalue weighted by Crippen LogP contribution is -2.12. The zero-order valence-corrected chi connectivity index (χ0v) is 13.9. The Hall–Kier alpha value is -2.30. The molecule has 0 bridgehead atoms. The van der Waals surface area contributed by atoms with Crippen LogP contribution >= 0.6 is 15.9 Å². The highest BCUT2D eigenvalue weighted by molar-refractivity contribution is 9.10. The highest BCUT2D eigenvalue weighted by atomic mass is 79.9. The molecule has 0 radical (unpaired) electrons. The summed E-state index contributed by atoms with van der Waals surface area (Å²) in [5.41, 5.74) is 2.89. The van der Waals surface area contributed by atoms with Crippen LogP contribution in [-0.4, -0.2) is 19.6 Å². The molecule has 0 fully saturated rings. The van der Waals surface area contributed by atoms with Crippen LogP contribution in [0.2, 0.25) is 0 Å². The number of nitrogens with zero attached hydrogens (tertiary/aromatic N) is 2. The predicted molar refractivity (Wildman–Crippen MR) is 89.8 cm³/mol. The molecule has 120 valence electrons. The molecule has 0 unspecified atom stereocenters. The molecule has 0 aliphatic heterocycles. The fourth-order valence-electron chi connectivity index (χ4n) is 1.69. The van der Waals surface area contributed by atoms with Crippen LogP contribution in [0.5, 0.6) is 0 Å². The summed E-state index contributed by atoms with van der Waals surface area (Å²) in [5, 5.41) is 19.9. The summed E-state index contributed by atoms with van der Waals surface area (Å²) in [4.78, 5) is 10.00. The second-order valence-electron chi connectivity index (χ2n) is 4.37. The standard InChI is InChI=1S/C13H11BrN4O4S/c14-11-4-2-1-3-9(11)8-16-17-12-6-5-10(23(15,21)22)7-13(12)18(19)20/h1-8,17H,(H2,15,21,22). The molecule has 0 atom stereocenters. The molecule has 0 aliphatic rings. The monoisotopic (exact) mass is 398 g/mol. The minimum absolute atomic E-state index is 0.0469. The van der Waals surface area contributed by atoms with Gasteiger partial charge in [-0.2, -0.15) is 5.10 Å². The summed E-state index contributed by atoms with van der Waals surface area (Å²) >= 11 is 3.34. The Bertz CT molecular complexity index is 883. The van der Waals surface area contributed by atoms with E-state index in [0.717, 1.165) is 16.1 Å². The van der Waals surface area contributed by atoms with E-state index in [4.69, 9.17) is 5.14 Å². The van der Waals surface area contributed by atoms with Gasteiger partial charge >= 0.3 is 0 Å². The largest absolute Gasteiger partial charge is 0.295 e. The number of hydrazone groups is 1. The van der Waals surface area contributed by atoms with E-state index in [1.54, 1.807) is 6.07 Å². The van der Waals surface area contributed by atoms with Crippen LogP contribution in [-0.2, 0) is 10.0 Å². The van der Waals surface area contributed by atoms with Crippen molar-refractivity contribution in [2.24, 2.45) is 10.2 Å². The third kappa shape index (κ3) is 4.34. The number of halogens is 1. The molecule has 0 aliphatic carbocycles. The summed E-state index contributed by atoms with van der Waals surface area (Å²) < 4.78 is 23.3. The molecular formula is C13H11BrN4O4S. The molecule has 0 spiro atoms. The molecule has 2 aromatic carbocycles. The second-order valence-corrected chi connectivity index (χ2v) is 6.79. The maximum absolute atomic E-state index is 11.3. The molecule has 10 heteroatoms. The van der Waals surface area contributed by atoms with Crippen LogP contribution in [0.15, 0.2) is 56.9 Å². The van der Waals surface area contributed by atoms with Crippen LogP contribution in [0, 0.1) is 10.1 Å². The fraction of sp³-hybridized carbons (Fsp3) is 0. The number of hydrogen-bond acceptors (Lipinski definition) is 6. The van der Waals surface area contributed by atoms with Crippen LogP contribution < -0.4 is 10.6 Å². The van der Waals surface area contributed by atoms with Gasteiger partial charge in [-0.25, -0.2) is 13.6 Å². The third-order valence-electron chi connectivity index (χ3n) is 2.79. The smallest absolute Gasteiger partial charge is 0.272 e. The van der Waals surface area contributed by atoms with Gasteiger partial charge in [0, 0.05) is 16.1 Å². The van der Waals surface area contributed by atoms with Crippen LogP contribution in [0.25, 0.3) is 0 Å². The molecule has 23 heavy (non-hydrogen) atoms. The molecule has 0 heterocycles. The normalized spacial score (nSPS) is 11.6. The van der Waals surface area contributed by atoms with E-state index >= 15 is 0 Å². The highest BCUT2D eigenvalue weighted by Crippen LogP contribution is 2.27. The lowest BCUT2D eigenvalue weighted by atomic mass is 10.2. The average Bonchev–Trinajstić information content (AvgIpc) is 2.48. The van der Waals surface area contributed by atoms with Crippen LogP contribution in [0.3, 0.4) is 0 Å². The first-order valence-electron chi connectivity index (χ1n) is 6.14. The first-order valence-corrected chi connectivity index (χ1v) is 8.48. The predicted octanol–water partition coefficient (Wildman–Crippen LogP) is 2.45. The lowest BCUT2D eigenvalue weighted by molar-refractivity contribution is -0.384. The van der Waals surface area contributed by atoms with Crippen molar-refractivity contribution in [1.82, 2.24) is 0 Å². The van der Waals surface area contributed by atoms with Gasteiger partial charge in [0.15, 0.2) is 0 Å². The van der Waals surface area contributed by atoms with Crippen molar-refractivity contribution in [1.29, 1.82) is 0 Å². The van der Waals surface area contributed by atoms with Crippen molar-refractivity contribution in [3.63, 3.8) is 0 Å². The van der Waals surface area contributed by atoms with Crippen molar-refractivity contribution in [2.75, 3.05) is 5.43 Å². The molecule has 3 N–H and O–H groups in total. The van der Waals surface area contributed by atoms with Gasteiger partial charge in [-0.1, -0.05) is 34.1 Å². The summed E-state index contributed by atoms with van der Waals surface area (Å²) in [6.45, 7) is 0. The Kier molecular flexibility index (Phi) is 5.08. The summed E-state index contributed by atoms with van der Waals surface area (Å²) in [5.74, 6) is 0. The van der Waals surface area contributed by atoms with Crippen molar-refractivity contribution in [3.05, 3.63) is 62.6 Å². The van der Waals surface area contributed by atoms with Crippen molar-refractivity contribution >= 4 is 43.5 Å². The SMILES string of the molecule is NS(=O)(=O)c1ccc(NN=Cc2ccccc2Br)c([N+](=O)[O-])c1. The van der Waals surface area contributed by atoms with Crippen LogP contribution in [0.1, 0.15) is 5.56 Å². The number of sulfonamides is 1. The Labute approximate surface area is 140 Å². The number of nitro groups is 1. The molecule has 0 amide bonds. The molecule has 2 rings (SSSR count). The van der Waals surface area contributed by atoms with Crippen LogP contribution in [0.4, 0.5) is 11.4 Å². The van der Waals surface area contributed by atoms with Crippen molar-refractivity contribution in [2.45, 2.75) is 4.90 Å². The van der Waals surface area contributed by atoms with E-state index in [1.165, 1.54) is 18.3 Å². The Morgan fingerprint density at radius 2 is 1.96 bits per heavy atom. The van der Waals surface area contributed by atoms with Gasteiger partial charge in [0.25, 0.3) is 5.69 Å². The molecule has 2 aromatic rings. The number of benzene rings is 2. The molecule has 8 nitrogen and oxygen atoms in total. The number of primary sulfonamides is 1. The van der Waals surface area contributed by atoms with Gasteiger partial charge < -0.3 is 0 Å². The van der Waals surface area contributed by atoms with E-state index in [9.17, 15) is 18.5 Å². The average molecular weight is 399 g/mol. The molecular weight excluding hydrogens is 388 g/mol. The number of nitrogens with two attached hydrogens (primary N) is 1. The number of rotatable bonds is 5. The fourth-order valence-corrected chi connectivity index (χ4v) is 2.61. The first kappa shape index (κ1) is 17.1. The minimum atomic E-state index is -4.02. The van der Waals surface area contributed by atoms with E-state index in [-0.39, 0.29) is 10.6 Å². The number of nitrogens with one attached hydrogen (secondary N) is 1. The van der Waals surface area contributed by atoms with Gasteiger partial charge in [0.1, 0.15) is 5.69 Å². The number of nitro benzene ring substituents is 1. The minimum Gasteiger partial charge on any atom is -0.272 e. The Morgan fingerprint density at radius 3 is 2.57 bits per heavy atom. The summed E-state index contributed by atoms with van der Waals surface area (Å²) in [6, 6.07) is 10.6. The van der Waals surface area contributed by atoms with Gasteiger partial charge in [-0.15, -0.1) is 0 Å². The van der Waals surface area contributed by atoms with Gasteiger partial charge in [0.2, 0.25) is 10.0 Å². The number of hydrogen-bond donors (Lipinski definition) is 2. The molecule has 0 saturated carbocycles. The van der Waals surface area contributed by atoms with E-state index in [0.29, 0.717) is 0 Å². The highest BCUT2D eigenvalue weighted by Gasteiger charge is 2.18. The Morgan fingerprint density at radius 1 is 1.26 bits per heavy atom. The third-order valence-corrected chi connectivity index (χ3v) is 4.42. The maximum Gasteiger partial charge on any atom is 0.295 e. The topological polar surface area (TPSA) is 128 Å². The second kappa shape index (κ2) is 6.86. The van der Waals surface area contributed by atoms with E-state index in [1.807, 2.05) is 18.2 Å². The Balaban J connectivity index is 2.30. The molecule has 0 aromatic heterocycles. The molecule has 0 saturated heterocycles. The van der Waals surface area contributed by atoms with Gasteiger partial charge in [-0.3, -0.25) is 15.5 Å². The summed E-state index contributed by atoms with van der Waals surface area (Å²) in [7, 11) is -4.02. The van der Waals surface area contributed by atoms with Crippen molar-refractivity contribution < 1.29 is 13.3 Å². The van der Waals surface area contributed by atoms with Gasteiger partial charge in [0.05, 0.1) is 16.0 Å². The van der Waals surface area contributed by atoms with Gasteiger partial charge in [-0.05, 0) is 18.2 Å². The van der Waals surface area contributed by atoms with E-state index < -0.39 is 20.6 Å².